The SMILES string of the molecule is CC(C)c1ncc(Oc2cccc(N(C)C)c2)c(CO)n1. The maximum atomic E-state index is 9.47. The minimum atomic E-state index is -0.176. The van der Waals surface area contributed by atoms with Gasteiger partial charge < -0.3 is 14.7 Å². The van der Waals surface area contributed by atoms with Crippen molar-refractivity contribution in [2.45, 2.75) is 26.4 Å². The Morgan fingerprint density at radius 3 is 2.67 bits per heavy atom. The van der Waals surface area contributed by atoms with Crippen LogP contribution in [0, 0.1) is 0 Å². The predicted molar refractivity (Wildman–Crippen MR) is 82.9 cm³/mol. The van der Waals surface area contributed by atoms with Crippen LogP contribution in [0.4, 0.5) is 5.69 Å². The van der Waals surface area contributed by atoms with Crippen molar-refractivity contribution in [3.63, 3.8) is 0 Å². The van der Waals surface area contributed by atoms with Gasteiger partial charge in [-0.15, -0.1) is 0 Å². The molecular formula is C16H21N3O2. The Hall–Kier alpha value is -2.14. The minimum absolute atomic E-state index is 0.176. The molecule has 0 aliphatic heterocycles. The zero-order valence-electron chi connectivity index (χ0n) is 12.9. The molecule has 0 saturated carbocycles. The molecule has 0 amide bonds. The lowest BCUT2D eigenvalue weighted by atomic mass is 10.2. The first-order chi connectivity index (χ1) is 10.0. The van der Waals surface area contributed by atoms with E-state index in [2.05, 4.69) is 9.97 Å². The zero-order valence-corrected chi connectivity index (χ0v) is 12.9. The van der Waals surface area contributed by atoms with E-state index in [4.69, 9.17) is 4.74 Å². The highest BCUT2D eigenvalue weighted by Gasteiger charge is 2.11. The molecule has 0 saturated heterocycles. The van der Waals surface area contributed by atoms with Crippen LogP contribution in [0.1, 0.15) is 31.3 Å². The molecule has 1 heterocycles. The van der Waals surface area contributed by atoms with Gasteiger partial charge in [-0.1, -0.05) is 19.9 Å². The number of aliphatic hydroxyl groups is 1. The summed E-state index contributed by atoms with van der Waals surface area (Å²) in [4.78, 5) is 10.6. The van der Waals surface area contributed by atoms with Gasteiger partial charge in [0.15, 0.2) is 5.75 Å². The van der Waals surface area contributed by atoms with E-state index in [1.807, 2.05) is 57.1 Å². The maximum absolute atomic E-state index is 9.47. The number of benzene rings is 1. The lowest BCUT2D eigenvalue weighted by Crippen LogP contribution is -2.08. The third kappa shape index (κ3) is 3.70. The predicted octanol–water partition coefficient (Wildman–Crippen LogP) is 2.95. The third-order valence-corrected chi connectivity index (χ3v) is 3.08. The lowest BCUT2D eigenvalue weighted by Gasteiger charge is -2.15. The van der Waals surface area contributed by atoms with Crippen molar-refractivity contribution in [3.8, 4) is 11.5 Å². The van der Waals surface area contributed by atoms with Gasteiger partial charge in [0.05, 0.1) is 12.8 Å². The number of hydrogen-bond acceptors (Lipinski definition) is 5. The van der Waals surface area contributed by atoms with Crippen LogP contribution in [0.5, 0.6) is 11.5 Å². The molecule has 5 heteroatoms. The maximum Gasteiger partial charge on any atom is 0.169 e. The number of anilines is 1. The van der Waals surface area contributed by atoms with E-state index in [1.165, 1.54) is 0 Å². The van der Waals surface area contributed by atoms with Crippen molar-refractivity contribution in [3.05, 3.63) is 42.0 Å². The fourth-order valence-electron chi connectivity index (χ4n) is 1.85. The number of aliphatic hydroxyl groups excluding tert-OH is 1. The molecule has 0 spiro atoms. The van der Waals surface area contributed by atoms with E-state index < -0.39 is 0 Å². The van der Waals surface area contributed by atoms with Gasteiger partial charge in [0.2, 0.25) is 0 Å². The van der Waals surface area contributed by atoms with E-state index in [0.29, 0.717) is 23.0 Å². The van der Waals surface area contributed by atoms with Crippen LogP contribution in [-0.2, 0) is 6.61 Å². The molecule has 1 N–H and O–H groups in total. The monoisotopic (exact) mass is 287 g/mol. The molecule has 2 rings (SSSR count). The Kier molecular flexibility index (Phi) is 4.75. The minimum Gasteiger partial charge on any atom is -0.454 e. The highest BCUT2D eigenvalue weighted by Crippen LogP contribution is 2.27. The first-order valence-corrected chi connectivity index (χ1v) is 6.93. The fraction of sp³-hybridized carbons (Fsp3) is 0.375. The van der Waals surface area contributed by atoms with Crippen molar-refractivity contribution in [1.82, 2.24) is 9.97 Å². The van der Waals surface area contributed by atoms with Gasteiger partial charge in [-0.3, -0.25) is 0 Å². The molecule has 2 aromatic rings. The quantitative estimate of drug-likeness (QED) is 0.916. The van der Waals surface area contributed by atoms with Crippen LogP contribution in [-0.4, -0.2) is 29.2 Å². The largest absolute Gasteiger partial charge is 0.454 e. The van der Waals surface area contributed by atoms with Gasteiger partial charge in [-0.25, -0.2) is 9.97 Å². The summed E-state index contributed by atoms with van der Waals surface area (Å²) in [7, 11) is 3.94. The second kappa shape index (κ2) is 6.54. The average Bonchev–Trinajstić information content (AvgIpc) is 2.47. The number of ether oxygens (including phenoxy) is 1. The number of nitrogens with zero attached hydrogens (tertiary/aromatic N) is 3. The van der Waals surface area contributed by atoms with Gasteiger partial charge in [0, 0.05) is 31.8 Å². The molecular weight excluding hydrogens is 266 g/mol. The number of hydrogen-bond donors (Lipinski definition) is 1. The van der Waals surface area contributed by atoms with E-state index in [-0.39, 0.29) is 12.5 Å². The smallest absolute Gasteiger partial charge is 0.169 e. The Bertz CT molecular complexity index is 612. The molecule has 0 radical (unpaired) electrons. The van der Waals surface area contributed by atoms with Gasteiger partial charge in [-0.05, 0) is 12.1 Å². The summed E-state index contributed by atoms with van der Waals surface area (Å²) in [5, 5.41) is 9.47. The summed E-state index contributed by atoms with van der Waals surface area (Å²) in [6.45, 7) is 3.85. The molecule has 0 bridgehead atoms. The molecule has 0 unspecified atom stereocenters. The summed E-state index contributed by atoms with van der Waals surface area (Å²) in [5.74, 6) is 2.09. The van der Waals surface area contributed by atoms with Crippen molar-refractivity contribution < 1.29 is 9.84 Å². The number of rotatable bonds is 5. The van der Waals surface area contributed by atoms with E-state index in [1.54, 1.807) is 6.20 Å². The molecule has 5 nitrogen and oxygen atoms in total. The highest BCUT2D eigenvalue weighted by atomic mass is 16.5. The summed E-state index contributed by atoms with van der Waals surface area (Å²) in [6.07, 6.45) is 1.62. The molecule has 0 aliphatic carbocycles. The van der Waals surface area contributed by atoms with E-state index >= 15 is 0 Å². The zero-order chi connectivity index (χ0) is 15.4. The van der Waals surface area contributed by atoms with Crippen LogP contribution in [0.3, 0.4) is 0 Å². The molecule has 1 aromatic carbocycles. The van der Waals surface area contributed by atoms with E-state index in [0.717, 1.165) is 5.69 Å². The number of aromatic nitrogens is 2. The third-order valence-electron chi connectivity index (χ3n) is 3.08. The molecule has 0 atom stereocenters. The van der Waals surface area contributed by atoms with Gasteiger partial charge in [0.25, 0.3) is 0 Å². The summed E-state index contributed by atoms with van der Waals surface area (Å²) < 4.78 is 5.81. The Morgan fingerprint density at radius 1 is 1.29 bits per heavy atom. The van der Waals surface area contributed by atoms with Gasteiger partial charge >= 0.3 is 0 Å². The van der Waals surface area contributed by atoms with Crippen LogP contribution in [0.15, 0.2) is 30.5 Å². The summed E-state index contributed by atoms with van der Waals surface area (Å²) in [6, 6.07) is 7.72. The van der Waals surface area contributed by atoms with Crippen molar-refractivity contribution >= 4 is 5.69 Å². The molecule has 0 aliphatic rings. The molecule has 1 aromatic heterocycles. The standard InChI is InChI=1S/C16H21N3O2/c1-11(2)16-17-9-15(14(10-20)18-16)21-13-7-5-6-12(8-13)19(3)4/h5-9,11,20H,10H2,1-4H3. The topological polar surface area (TPSA) is 58.5 Å². The van der Waals surface area contributed by atoms with Crippen molar-refractivity contribution in [1.29, 1.82) is 0 Å². The fourth-order valence-corrected chi connectivity index (χ4v) is 1.85. The Balaban J connectivity index is 2.28. The average molecular weight is 287 g/mol. The highest BCUT2D eigenvalue weighted by molar-refractivity contribution is 5.50. The lowest BCUT2D eigenvalue weighted by molar-refractivity contribution is 0.270. The van der Waals surface area contributed by atoms with Crippen LogP contribution >= 0.6 is 0 Å². The molecule has 112 valence electrons. The van der Waals surface area contributed by atoms with Crippen LogP contribution < -0.4 is 9.64 Å². The normalized spacial score (nSPS) is 10.8. The Morgan fingerprint density at radius 2 is 2.05 bits per heavy atom. The summed E-state index contributed by atoms with van der Waals surface area (Å²) in [5.41, 5.74) is 1.54. The first kappa shape index (κ1) is 15.3. The second-order valence-corrected chi connectivity index (χ2v) is 5.35. The molecule has 0 fully saturated rings. The van der Waals surface area contributed by atoms with E-state index in [9.17, 15) is 5.11 Å². The molecule has 21 heavy (non-hydrogen) atoms. The van der Waals surface area contributed by atoms with Gasteiger partial charge in [-0.2, -0.15) is 0 Å². The van der Waals surface area contributed by atoms with Crippen molar-refractivity contribution in [2.24, 2.45) is 0 Å². The van der Waals surface area contributed by atoms with Crippen molar-refractivity contribution in [2.75, 3.05) is 19.0 Å². The first-order valence-electron chi connectivity index (χ1n) is 6.93. The van der Waals surface area contributed by atoms with Gasteiger partial charge in [0.1, 0.15) is 17.3 Å². The summed E-state index contributed by atoms with van der Waals surface area (Å²) >= 11 is 0. The van der Waals surface area contributed by atoms with Crippen LogP contribution in [0.2, 0.25) is 0 Å². The Labute approximate surface area is 125 Å². The van der Waals surface area contributed by atoms with Crippen LogP contribution in [0.25, 0.3) is 0 Å². The second-order valence-electron chi connectivity index (χ2n) is 5.35.